The predicted molar refractivity (Wildman–Crippen MR) is 47.4 cm³/mol. The van der Waals surface area contributed by atoms with Gasteiger partial charge in [0.2, 0.25) is 0 Å². The maximum atomic E-state index is 13.1. The fraction of sp³-hybridized carbons (Fsp3) is 0.333. The van der Waals surface area contributed by atoms with Crippen LogP contribution in [0.25, 0.3) is 0 Å². The molecule has 0 aliphatic carbocycles. The van der Waals surface area contributed by atoms with E-state index in [1.165, 1.54) is 26.4 Å². The molecule has 1 aromatic carbocycles. The van der Waals surface area contributed by atoms with Crippen LogP contribution in [0.5, 0.6) is 11.5 Å². The Bertz CT molecular complexity index is 302. The van der Waals surface area contributed by atoms with Crippen molar-refractivity contribution in [2.75, 3.05) is 14.2 Å². The minimum absolute atomic E-state index is 0.0895. The lowest BCUT2D eigenvalue weighted by Gasteiger charge is -2.11. The fourth-order valence-corrected chi connectivity index (χ4v) is 1.16. The monoisotopic (exact) mass is 185 g/mol. The zero-order chi connectivity index (χ0) is 9.84. The van der Waals surface area contributed by atoms with E-state index < -0.39 is 0 Å². The molecule has 0 fully saturated rings. The number of nitrogens with two attached hydrogens (primary N) is 1. The smallest absolute Gasteiger partial charge is 0.168 e. The second-order valence-corrected chi connectivity index (χ2v) is 2.47. The minimum Gasteiger partial charge on any atom is -0.493 e. The van der Waals surface area contributed by atoms with E-state index in [2.05, 4.69) is 0 Å². The molecular formula is C9H12FNO2. The van der Waals surface area contributed by atoms with Crippen LogP contribution in [0.15, 0.2) is 12.1 Å². The second kappa shape index (κ2) is 4.09. The lowest BCUT2D eigenvalue weighted by atomic mass is 10.1. The topological polar surface area (TPSA) is 44.5 Å². The summed E-state index contributed by atoms with van der Waals surface area (Å²) in [5, 5.41) is 0. The molecule has 13 heavy (non-hydrogen) atoms. The van der Waals surface area contributed by atoms with Gasteiger partial charge < -0.3 is 15.2 Å². The van der Waals surface area contributed by atoms with Crippen molar-refractivity contribution in [3.05, 3.63) is 23.5 Å². The van der Waals surface area contributed by atoms with Crippen LogP contribution in [0.1, 0.15) is 5.56 Å². The van der Waals surface area contributed by atoms with Gasteiger partial charge in [-0.15, -0.1) is 0 Å². The molecule has 3 nitrogen and oxygen atoms in total. The third-order valence-electron chi connectivity index (χ3n) is 1.80. The summed E-state index contributed by atoms with van der Waals surface area (Å²) in [6.07, 6.45) is 0. The molecule has 0 spiro atoms. The fourth-order valence-electron chi connectivity index (χ4n) is 1.16. The highest BCUT2D eigenvalue weighted by Gasteiger charge is 2.12. The highest BCUT2D eigenvalue weighted by Crippen LogP contribution is 2.32. The number of hydrogen-bond acceptors (Lipinski definition) is 3. The Balaban J connectivity index is 3.27. The lowest BCUT2D eigenvalue weighted by molar-refractivity contribution is 0.348. The minimum atomic E-state index is -0.375. The van der Waals surface area contributed by atoms with Crippen molar-refractivity contribution in [3.8, 4) is 11.5 Å². The van der Waals surface area contributed by atoms with Gasteiger partial charge in [-0.2, -0.15) is 0 Å². The van der Waals surface area contributed by atoms with Gasteiger partial charge in [0.25, 0.3) is 0 Å². The van der Waals surface area contributed by atoms with Crippen molar-refractivity contribution in [2.45, 2.75) is 6.54 Å². The standard InChI is InChI=1S/C9H12FNO2/c1-12-8-4-3-7(10)6(5-11)9(8)13-2/h3-4H,5,11H2,1-2H3. The molecule has 4 heteroatoms. The predicted octanol–water partition coefficient (Wildman–Crippen LogP) is 1.30. The average molecular weight is 185 g/mol. The van der Waals surface area contributed by atoms with Crippen LogP contribution >= 0.6 is 0 Å². The number of halogens is 1. The van der Waals surface area contributed by atoms with Crippen LogP contribution in [0.4, 0.5) is 4.39 Å². The normalized spacial score (nSPS) is 9.85. The molecule has 2 N–H and O–H groups in total. The van der Waals surface area contributed by atoms with Gasteiger partial charge in [-0.25, -0.2) is 4.39 Å². The first-order valence-corrected chi connectivity index (χ1v) is 3.84. The Morgan fingerprint density at radius 3 is 2.46 bits per heavy atom. The summed E-state index contributed by atoms with van der Waals surface area (Å²) in [6, 6.07) is 2.82. The molecule has 0 amide bonds. The first-order valence-electron chi connectivity index (χ1n) is 3.84. The van der Waals surface area contributed by atoms with E-state index in [-0.39, 0.29) is 12.4 Å². The van der Waals surface area contributed by atoms with E-state index >= 15 is 0 Å². The Kier molecular flexibility index (Phi) is 3.08. The summed E-state index contributed by atoms with van der Waals surface area (Å²) in [7, 11) is 2.95. The Morgan fingerprint density at radius 1 is 1.31 bits per heavy atom. The van der Waals surface area contributed by atoms with E-state index in [9.17, 15) is 4.39 Å². The molecule has 0 radical (unpaired) electrons. The zero-order valence-electron chi connectivity index (χ0n) is 7.63. The molecule has 1 rings (SSSR count). The van der Waals surface area contributed by atoms with Gasteiger partial charge in [-0.05, 0) is 12.1 Å². The Labute approximate surface area is 76.3 Å². The summed E-state index contributed by atoms with van der Waals surface area (Å²) < 4.78 is 23.1. The molecule has 0 aromatic heterocycles. The van der Waals surface area contributed by atoms with Crippen LogP contribution in [0.2, 0.25) is 0 Å². The van der Waals surface area contributed by atoms with Crippen LogP contribution in [0.3, 0.4) is 0 Å². The van der Waals surface area contributed by atoms with Crippen molar-refractivity contribution in [1.82, 2.24) is 0 Å². The maximum Gasteiger partial charge on any atom is 0.168 e. The Hall–Kier alpha value is -1.29. The number of methoxy groups -OCH3 is 2. The van der Waals surface area contributed by atoms with Crippen LogP contribution in [-0.4, -0.2) is 14.2 Å². The van der Waals surface area contributed by atoms with E-state index in [0.717, 1.165) is 0 Å². The first-order chi connectivity index (χ1) is 6.24. The van der Waals surface area contributed by atoms with E-state index in [4.69, 9.17) is 15.2 Å². The Morgan fingerprint density at radius 2 is 2.00 bits per heavy atom. The SMILES string of the molecule is COc1ccc(F)c(CN)c1OC. The summed E-state index contributed by atoms with van der Waals surface area (Å²) in [6.45, 7) is 0.0895. The maximum absolute atomic E-state index is 13.1. The van der Waals surface area contributed by atoms with E-state index in [0.29, 0.717) is 17.1 Å². The van der Waals surface area contributed by atoms with Crippen molar-refractivity contribution in [2.24, 2.45) is 5.73 Å². The lowest BCUT2D eigenvalue weighted by Crippen LogP contribution is -2.04. The van der Waals surface area contributed by atoms with Crippen molar-refractivity contribution < 1.29 is 13.9 Å². The van der Waals surface area contributed by atoms with Gasteiger partial charge in [0.15, 0.2) is 11.5 Å². The van der Waals surface area contributed by atoms with Crippen molar-refractivity contribution >= 4 is 0 Å². The zero-order valence-corrected chi connectivity index (χ0v) is 7.63. The molecule has 0 heterocycles. The molecule has 0 saturated carbocycles. The third kappa shape index (κ3) is 1.72. The van der Waals surface area contributed by atoms with Gasteiger partial charge in [0.1, 0.15) is 5.82 Å². The first kappa shape index (κ1) is 9.80. The molecule has 72 valence electrons. The molecule has 0 unspecified atom stereocenters. The molecule has 0 aliphatic heterocycles. The van der Waals surface area contributed by atoms with Gasteiger partial charge in [-0.1, -0.05) is 0 Å². The van der Waals surface area contributed by atoms with Crippen LogP contribution < -0.4 is 15.2 Å². The quantitative estimate of drug-likeness (QED) is 0.772. The molecule has 0 atom stereocenters. The van der Waals surface area contributed by atoms with Crippen LogP contribution in [0, 0.1) is 5.82 Å². The summed E-state index contributed by atoms with van der Waals surface area (Å²) in [5.41, 5.74) is 5.71. The molecule has 0 saturated heterocycles. The second-order valence-electron chi connectivity index (χ2n) is 2.47. The summed E-state index contributed by atoms with van der Waals surface area (Å²) in [4.78, 5) is 0. The number of hydrogen-bond donors (Lipinski definition) is 1. The summed E-state index contributed by atoms with van der Waals surface area (Å²) in [5.74, 6) is 0.481. The van der Waals surface area contributed by atoms with Crippen molar-refractivity contribution in [3.63, 3.8) is 0 Å². The van der Waals surface area contributed by atoms with Gasteiger partial charge in [0, 0.05) is 12.1 Å². The highest BCUT2D eigenvalue weighted by molar-refractivity contribution is 5.47. The van der Waals surface area contributed by atoms with Crippen LogP contribution in [-0.2, 0) is 6.54 Å². The molecule has 1 aromatic rings. The van der Waals surface area contributed by atoms with Gasteiger partial charge >= 0.3 is 0 Å². The van der Waals surface area contributed by atoms with E-state index in [1.807, 2.05) is 0 Å². The number of rotatable bonds is 3. The largest absolute Gasteiger partial charge is 0.493 e. The van der Waals surface area contributed by atoms with Gasteiger partial charge in [0.05, 0.1) is 14.2 Å². The molecular weight excluding hydrogens is 173 g/mol. The van der Waals surface area contributed by atoms with E-state index in [1.54, 1.807) is 0 Å². The van der Waals surface area contributed by atoms with Crippen molar-refractivity contribution in [1.29, 1.82) is 0 Å². The molecule has 0 bridgehead atoms. The third-order valence-corrected chi connectivity index (χ3v) is 1.80. The highest BCUT2D eigenvalue weighted by atomic mass is 19.1. The number of benzene rings is 1. The van der Waals surface area contributed by atoms with Gasteiger partial charge in [-0.3, -0.25) is 0 Å². The average Bonchev–Trinajstić information content (AvgIpc) is 2.17. The molecule has 0 aliphatic rings. The summed E-state index contributed by atoms with van der Waals surface area (Å²) >= 11 is 0. The number of ether oxygens (including phenoxy) is 2.